The van der Waals surface area contributed by atoms with Gasteiger partial charge < -0.3 is 11.1 Å². The first-order valence-electron chi connectivity index (χ1n) is 9.28. The van der Waals surface area contributed by atoms with E-state index in [1.807, 2.05) is 0 Å². The topological polar surface area (TPSA) is 38.0 Å². The van der Waals surface area contributed by atoms with Crippen molar-refractivity contribution in [1.29, 1.82) is 0 Å². The molecule has 2 aromatic carbocycles. The average molecular weight is 330 g/mol. The quantitative estimate of drug-likeness (QED) is 0.871. The van der Waals surface area contributed by atoms with Crippen molar-refractivity contribution in [2.24, 2.45) is 5.73 Å². The Kier molecular flexibility index (Phi) is 4.46. The number of rotatable bonds is 3. The molecule has 0 spiro atoms. The second kappa shape index (κ2) is 6.89. The van der Waals surface area contributed by atoms with Crippen molar-refractivity contribution in [3.63, 3.8) is 0 Å². The molecule has 2 nitrogen and oxygen atoms in total. The number of benzene rings is 2. The highest BCUT2D eigenvalue weighted by Crippen LogP contribution is 2.39. The summed E-state index contributed by atoms with van der Waals surface area (Å²) in [5, 5.41) is 3.61. The molecule has 1 aliphatic carbocycles. The largest absolute Gasteiger partial charge is 0.386 e. The fourth-order valence-corrected chi connectivity index (χ4v) is 4.23. The van der Waals surface area contributed by atoms with Gasteiger partial charge in [-0.05, 0) is 54.0 Å². The maximum absolute atomic E-state index is 6.35. The summed E-state index contributed by atoms with van der Waals surface area (Å²) in [6, 6.07) is 17.8. The van der Waals surface area contributed by atoms with Crippen LogP contribution in [0.2, 0.25) is 0 Å². The zero-order chi connectivity index (χ0) is 17.2. The third kappa shape index (κ3) is 3.14. The highest BCUT2D eigenvalue weighted by Gasteiger charge is 2.31. The van der Waals surface area contributed by atoms with Crippen LogP contribution >= 0.6 is 0 Å². The fourth-order valence-electron chi connectivity index (χ4n) is 4.23. The molecule has 1 heterocycles. The molecule has 3 unspecified atom stereocenters. The monoisotopic (exact) mass is 330 g/mol. The zero-order valence-corrected chi connectivity index (χ0v) is 14.8. The Bertz CT molecular complexity index is 802. The Morgan fingerprint density at radius 3 is 2.72 bits per heavy atom. The minimum atomic E-state index is 0.0991. The van der Waals surface area contributed by atoms with Crippen molar-refractivity contribution in [2.75, 3.05) is 0 Å². The summed E-state index contributed by atoms with van der Waals surface area (Å²) in [6.07, 6.45) is 10.1. The van der Waals surface area contributed by atoms with Crippen molar-refractivity contribution < 1.29 is 0 Å². The summed E-state index contributed by atoms with van der Waals surface area (Å²) in [5.74, 6) is 0.387. The van der Waals surface area contributed by atoms with Gasteiger partial charge in [0.15, 0.2) is 0 Å². The van der Waals surface area contributed by atoms with Crippen LogP contribution < -0.4 is 11.1 Å². The van der Waals surface area contributed by atoms with E-state index in [9.17, 15) is 0 Å². The lowest BCUT2D eigenvalue weighted by molar-refractivity contribution is 0.409. The van der Waals surface area contributed by atoms with Gasteiger partial charge in [0.25, 0.3) is 0 Å². The number of nitrogens with one attached hydrogen (secondary N) is 1. The fraction of sp³-hybridized carbons (Fsp3) is 0.304. The molecule has 25 heavy (non-hydrogen) atoms. The van der Waals surface area contributed by atoms with Gasteiger partial charge in [-0.3, -0.25) is 0 Å². The first-order valence-corrected chi connectivity index (χ1v) is 9.28. The number of hydrogen-bond acceptors (Lipinski definition) is 2. The molecular formula is C23H26N2. The number of aryl methyl sites for hydroxylation is 1. The number of hydrogen-bond donors (Lipinski definition) is 2. The van der Waals surface area contributed by atoms with E-state index in [1.54, 1.807) is 0 Å². The standard InChI is InChI=1S/C23H26N2/c1-16(24)23-22(14-19(15-25-23)17-8-3-2-4-9-17)21-13-7-11-18-10-5-6-12-20(18)21/h2-4,6-9,11-13,15-16,22-23,25H,5,10,14,24H2,1H3. The second-order valence-electron chi connectivity index (χ2n) is 7.26. The van der Waals surface area contributed by atoms with E-state index in [0.29, 0.717) is 5.92 Å². The van der Waals surface area contributed by atoms with Crippen molar-refractivity contribution in [3.05, 3.63) is 83.1 Å². The van der Waals surface area contributed by atoms with Crippen LogP contribution in [-0.4, -0.2) is 12.1 Å². The van der Waals surface area contributed by atoms with Crippen LogP contribution in [-0.2, 0) is 6.42 Å². The van der Waals surface area contributed by atoms with Crippen LogP contribution in [0.25, 0.3) is 11.6 Å². The third-order valence-corrected chi connectivity index (χ3v) is 5.53. The van der Waals surface area contributed by atoms with E-state index in [0.717, 1.165) is 19.3 Å². The lowest BCUT2D eigenvalue weighted by Gasteiger charge is -2.37. The number of fused-ring (bicyclic) bond motifs is 1. The van der Waals surface area contributed by atoms with Gasteiger partial charge in [-0.15, -0.1) is 0 Å². The molecule has 0 saturated carbocycles. The van der Waals surface area contributed by atoms with Crippen LogP contribution in [0.5, 0.6) is 0 Å². The lowest BCUT2D eigenvalue weighted by atomic mass is 9.76. The number of nitrogens with two attached hydrogens (primary N) is 1. The van der Waals surface area contributed by atoms with E-state index in [1.165, 1.54) is 27.8 Å². The molecule has 2 heteroatoms. The van der Waals surface area contributed by atoms with Crippen LogP contribution in [0.3, 0.4) is 0 Å². The van der Waals surface area contributed by atoms with E-state index < -0.39 is 0 Å². The minimum absolute atomic E-state index is 0.0991. The normalized spacial score (nSPS) is 23.4. The van der Waals surface area contributed by atoms with Crippen LogP contribution in [0.4, 0.5) is 0 Å². The lowest BCUT2D eigenvalue weighted by Crippen LogP contribution is -2.47. The molecular weight excluding hydrogens is 304 g/mol. The van der Waals surface area contributed by atoms with Crippen molar-refractivity contribution >= 4 is 11.6 Å². The van der Waals surface area contributed by atoms with Gasteiger partial charge >= 0.3 is 0 Å². The van der Waals surface area contributed by atoms with Crippen LogP contribution in [0.1, 0.15) is 47.9 Å². The highest BCUT2D eigenvalue weighted by atomic mass is 15.0. The summed E-state index contributed by atoms with van der Waals surface area (Å²) < 4.78 is 0. The summed E-state index contributed by atoms with van der Waals surface area (Å²) in [4.78, 5) is 0. The van der Waals surface area contributed by atoms with Gasteiger partial charge in [-0.25, -0.2) is 0 Å². The van der Waals surface area contributed by atoms with Gasteiger partial charge in [0.1, 0.15) is 0 Å². The zero-order valence-electron chi connectivity index (χ0n) is 14.8. The van der Waals surface area contributed by atoms with E-state index in [4.69, 9.17) is 5.73 Å². The third-order valence-electron chi connectivity index (χ3n) is 5.53. The molecule has 0 amide bonds. The Labute approximate surface area is 150 Å². The van der Waals surface area contributed by atoms with Gasteiger partial charge in [0.2, 0.25) is 0 Å². The van der Waals surface area contributed by atoms with Crippen LogP contribution in [0.15, 0.2) is 60.8 Å². The van der Waals surface area contributed by atoms with Crippen LogP contribution in [0, 0.1) is 0 Å². The Morgan fingerprint density at radius 2 is 1.92 bits per heavy atom. The average Bonchev–Trinajstić information content (AvgIpc) is 2.67. The Balaban J connectivity index is 1.74. The first kappa shape index (κ1) is 16.2. The minimum Gasteiger partial charge on any atom is -0.386 e. The van der Waals surface area contributed by atoms with Crippen molar-refractivity contribution in [3.8, 4) is 0 Å². The van der Waals surface area contributed by atoms with E-state index >= 15 is 0 Å². The predicted molar refractivity (Wildman–Crippen MR) is 106 cm³/mol. The van der Waals surface area contributed by atoms with E-state index in [-0.39, 0.29) is 12.1 Å². The molecule has 128 valence electrons. The first-order chi connectivity index (χ1) is 12.2. The SMILES string of the molecule is CC(N)C1NC=C(c2ccccc2)CC1c1cccc2c1C=CCC2. The molecule has 2 aliphatic rings. The van der Waals surface area contributed by atoms with Crippen molar-refractivity contribution in [2.45, 2.75) is 44.2 Å². The predicted octanol–water partition coefficient (Wildman–Crippen LogP) is 4.48. The summed E-state index contributed by atoms with van der Waals surface area (Å²) in [7, 11) is 0. The molecule has 0 aromatic heterocycles. The molecule has 4 rings (SSSR count). The van der Waals surface area contributed by atoms with Crippen molar-refractivity contribution in [1.82, 2.24) is 5.32 Å². The van der Waals surface area contributed by atoms with Gasteiger partial charge in [0.05, 0.1) is 0 Å². The van der Waals surface area contributed by atoms with Gasteiger partial charge in [0, 0.05) is 24.2 Å². The molecule has 1 aliphatic heterocycles. The summed E-state index contributed by atoms with van der Waals surface area (Å²) in [6.45, 7) is 2.11. The van der Waals surface area contributed by atoms with E-state index in [2.05, 4.69) is 79.1 Å². The van der Waals surface area contributed by atoms with Gasteiger partial charge in [-0.2, -0.15) is 0 Å². The smallest absolute Gasteiger partial charge is 0.0476 e. The maximum atomic E-state index is 6.35. The molecule has 2 aromatic rings. The Morgan fingerprint density at radius 1 is 1.08 bits per heavy atom. The molecule has 0 fully saturated rings. The second-order valence-corrected chi connectivity index (χ2v) is 7.26. The Hall–Kier alpha value is -2.32. The summed E-state index contributed by atoms with van der Waals surface area (Å²) >= 11 is 0. The summed E-state index contributed by atoms with van der Waals surface area (Å²) in [5.41, 5.74) is 13.3. The van der Waals surface area contributed by atoms with Gasteiger partial charge in [-0.1, -0.05) is 60.7 Å². The molecule has 3 N–H and O–H groups in total. The molecule has 3 atom stereocenters. The maximum Gasteiger partial charge on any atom is 0.0476 e. The highest BCUT2D eigenvalue weighted by molar-refractivity contribution is 5.69. The number of allylic oxidation sites excluding steroid dienone is 2. The molecule has 0 bridgehead atoms. The molecule has 0 saturated heterocycles. The molecule has 0 radical (unpaired) electrons.